The van der Waals surface area contributed by atoms with E-state index in [9.17, 15) is 8.78 Å². The summed E-state index contributed by atoms with van der Waals surface area (Å²) in [6.45, 7) is 1.49. The fourth-order valence-corrected chi connectivity index (χ4v) is 2.45. The number of halogens is 3. The second-order valence-electron chi connectivity index (χ2n) is 4.34. The van der Waals surface area contributed by atoms with Crippen LogP contribution in [0.3, 0.4) is 0 Å². The number of H-pyrrole nitrogens is 1. The summed E-state index contributed by atoms with van der Waals surface area (Å²) in [6, 6.07) is 3.85. The van der Waals surface area contributed by atoms with Crippen LogP contribution in [0.4, 0.5) is 8.78 Å². The maximum absolute atomic E-state index is 14.1. The van der Waals surface area contributed by atoms with Gasteiger partial charge in [-0.15, -0.1) is 0 Å². The Morgan fingerprint density at radius 3 is 2.75 bits per heavy atom. The first kappa shape index (κ1) is 13.2. The topological polar surface area (TPSA) is 33.6 Å². The first-order valence-electron chi connectivity index (χ1n) is 5.69. The number of aryl methyl sites for hydroxylation is 1. The van der Waals surface area contributed by atoms with E-state index in [2.05, 4.69) is 9.97 Å². The number of nitrogens with zero attached hydrogens (tertiary/aromatic N) is 2. The molecule has 20 heavy (non-hydrogen) atoms. The molecule has 3 nitrogen and oxygen atoms in total. The van der Waals surface area contributed by atoms with Crippen LogP contribution in [0.1, 0.15) is 5.56 Å². The Morgan fingerprint density at radius 1 is 1.25 bits per heavy atom. The van der Waals surface area contributed by atoms with E-state index >= 15 is 0 Å². The van der Waals surface area contributed by atoms with Crippen molar-refractivity contribution in [3.05, 3.63) is 51.4 Å². The molecule has 0 unspecified atom stereocenters. The molecule has 0 atom stereocenters. The molecule has 0 saturated carbocycles. The summed E-state index contributed by atoms with van der Waals surface area (Å²) in [5, 5.41) is 0.427. The maximum atomic E-state index is 14.1. The number of benzene rings is 1. The predicted molar refractivity (Wildman–Crippen MR) is 75.9 cm³/mol. The molecule has 0 fully saturated rings. The first-order valence-corrected chi connectivity index (χ1v) is 6.48. The Morgan fingerprint density at radius 2 is 2.00 bits per heavy atom. The Labute approximate surface area is 122 Å². The molecular formula is C13H8ClF2N3S. The molecule has 2 heterocycles. The van der Waals surface area contributed by atoms with Crippen molar-refractivity contribution < 1.29 is 8.78 Å². The summed E-state index contributed by atoms with van der Waals surface area (Å²) in [5.41, 5.74) is 1.19. The number of nitrogens with one attached hydrogen (secondary N) is 1. The number of aromatic nitrogens is 3. The van der Waals surface area contributed by atoms with E-state index in [0.717, 1.165) is 12.1 Å². The molecule has 1 N–H and O–H groups in total. The number of hydrogen-bond donors (Lipinski definition) is 1. The second-order valence-corrected chi connectivity index (χ2v) is 5.17. The molecule has 7 heteroatoms. The molecule has 0 bridgehead atoms. The van der Waals surface area contributed by atoms with Crippen molar-refractivity contribution in [2.24, 2.45) is 0 Å². The van der Waals surface area contributed by atoms with E-state index in [-0.39, 0.29) is 16.0 Å². The summed E-state index contributed by atoms with van der Waals surface area (Å²) in [6.07, 6.45) is 1.42. The molecule has 0 aliphatic rings. The lowest BCUT2D eigenvalue weighted by atomic mass is 10.2. The van der Waals surface area contributed by atoms with Crippen molar-refractivity contribution in [1.29, 1.82) is 0 Å². The lowest BCUT2D eigenvalue weighted by Gasteiger charge is -2.07. The van der Waals surface area contributed by atoms with Gasteiger partial charge in [-0.1, -0.05) is 11.6 Å². The van der Waals surface area contributed by atoms with Gasteiger partial charge in [0.25, 0.3) is 0 Å². The Bertz CT molecular complexity index is 885. The Hall–Kier alpha value is -1.79. The monoisotopic (exact) mass is 311 g/mol. The highest BCUT2D eigenvalue weighted by Crippen LogP contribution is 2.24. The quantitative estimate of drug-likeness (QED) is 0.679. The third-order valence-electron chi connectivity index (χ3n) is 2.96. The van der Waals surface area contributed by atoms with Gasteiger partial charge in [0.1, 0.15) is 11.6 Å². The van der Waals surface area contributed by atoms with Crippen LogP contribution in [0.15, 0.2) is 24.4 Å². The molecule has 0 spiro atoms. The summed E-state index contributed by atoms with van der Waals surface area (Å²) in [5.74, 6) is -1.08. The fourth-order valence-electron chi connectivity index (χ4n) is 2.00. The minimum atomic E-state index is -0.572. The van der Waals surface area contributed by atoms with Gasteiger partial charge in [0.05, 0.1) is 16.2 Å². The van der Waals surface area contributed by atoms with Crippen molar-refractivity contribution in [2.45, 2.75) is 6.92 Å². The van der Waals surface area contributed by atoms with Crippen molar-refractivity contribution in [1.82, 2.24) is 14.5 Å². The van der Waals surface area contributed by atoms with Crippen LogP contribution in [0, 0.1) is 23.3 Å². The summed E-state index contributed by atoms with van der Waals surface area (Å²) in [4.78, 5) is 6.98. The summed E-state index contributed by atoms with van der Waals surface area (Å²) >= 11 is 11.0. The van der Waals surface area contributed by atoms with Gasteiger partial charge in [-0.3, -0.25) is 4.57 Å². The van der Waals surface area contributed by atoms with Crippen molar-refractivity contribution in [3.63, 3.8) is 0 Å². The second kappa shape index (κ2) is 4.64. The Balaban J connectivity index is 2.38. The van der Waals surface area contributed by atoms with Gasteiger partial charge in [-0.25, -0.2) is 13.8 Å². The van der Waals surface area contributed by atoms with Crippen LogP contribution in [0.25, 0.3) is 16.9 Å². The zero-order chi connectivity index (χ0) is 14.4. The van der Waals surface area contributed by atoms with E-state index in [4.69, 9.17) is 23.8 Å². The number of hydrogen-bond acceptors (Lipinski definition) is 2. The molecule has 0 amide bonds. The van der Waals surface area contributed by atoms with Crippen molar-refractivity contribution in [3.8, 4) is 5.69 Å². The molecule has 3 aromatic rings. The fraction of sp³-hybridized carbons (Fsp3) is 0.0769. The molecule has 1 aromatic carbocycles. The average molecular weight is 312 g/mol. The molecule has 0 radical (unpaired) electrons. The zero-order valence-electron chi connectivity index (χ0n) is 10.2. The molecule has 3 rings (SSSR count). The Kier molecular flexibility index (Phi) is 3.07. The van der Waals surface area contributed by atoms with Crippen LogP contribution in [-0.4, -0.2) is 14.5 Å². The normalized spacial score (nSPS) is 11.2. The van der Waals surface area contributed by atoms with Gasteiger partial charge in [0, 0.05) is 12.3 Å². The predicted octanol–water partition coefficient (Wildman–Crippen LogP) is 4.32. The standard InChI is InChI=1S/C13H8ClF2N3S/c1-6-2-9(16)11(4-8(6)15)19-12-10(18-13(19)20)3-7(14)5-17-12/h2-5H,1H3,(H,18,20). The number of aromatic amines is 1. The minimum Gasteiger partial charge on any atom is -0.329 e. The van der Waals surface area contributed by atoms with Gasteiger partial charge in [-0.2, -0.15) is 0 Å². The van der Waals surface area contributed by atoms with E-state index < -0.39 is 11.6 Å². The van der Waals surface area contributed by atoms with Crippen LogP contribution in [0.5, 0.6) is 0 Å². The van der Waals surface area contributed by atoms with Gasteiger partial charge in [0.15, 0.2) is 10.4 Å². The molecule has 2 aromatic heterocycles. The van der Waals surface area contributed by atoms with Crippen LogP contribution >= 0.6 is 23.8 Å². The highest BCUT2D eigenvalue weighted by Gasteiger charge is 2.14. The largest absolute Gasteiger partial charge is 0.329 e. The summed E-state index contributed by atoms with van der Waals surface area (Å²) in [7, 11) is 0. The smallest absolute Gasteiger partial charge is 0.184 e. The van der Waals surface area contributed by atoms with Gasteiger partial charge >= 0.3 is 0 Å². The lowest BCUT2D eigenvalue weighted by Crippen LogP contribution is -2.01. The van der Waals surface area contributed by atoms with E-state index in [0.29, 0.717) is 16.2 Å². The number of pyridine rings is 1. The van der Waals surface area contributed by atoms with Gasteiger partial charge < -0.3 is 4.98 Å². The molecular weight excluding hydrogens is 304 g/mol. The van der Waals surface area contributed by atoms with E-state index in [1.165, 1.54) is 17.7 Å². The zero-order valence-corrected chi connectivity index (χ0v) is 11.8. The number of rotatable bonds is 1. The van der Waals surface area contributed by atoms with Gasteiger partial charge in [-0.05, 0) is 36.8 Å². The van der Waals surface area contributed by atoms with Crippen LogP contribution in [-0.2, 0) is 0 Å². The third-order valence-corrected chi connectivity index (χ3v) is 3.45. The van der Waals surface area contributed by atoms with E-state index in [1.807, 2.05) is 0 Å². The SMILES string of the molecule is Cc1cc(F)c(-n2c(=S)[nH]c3cc(Cl)cnc32)cc1F. The maximum Gasteiger partial charge on any atom is 0.184 e. The number of fused-ring (bicyclic) bond motifs is 1. The first-order chi connectivity index (χ1) is 9.47. The van der Waals surface area contributed by atoms with Crippen LogP contribution in [0.2, 0.25) is 5.02 Å². The lowest BCUT2D eigenvalue weighted by molar-refractivity contribution is 0.586. The minimum absolute atomic E-state index is 0.0131. The molecule has 0 aliphatic heterocycles. The van der Waals surface area contributed by atoms with Gasteiger partial charge in [0.2, 0.25) is 0 Å². The van der Waals surface area contributed by atoms with Crippen LogP contribution < -0.4 is 0 Å². The third kappa shape index (κ3) is 2.01. The molecule has 0 saturated heterocycles. The van der Waals surface area contributed by atoms with E-state index in [1.54, 1.807) is 6.07 Å². The highest BCUT2D eigenvalue weighted by atomic mass is 35.5. The highest BCUT2D eigenvalue weighted by molar-refractivity contribution is 7.71. The van der Waals surface area contributed by atoms with Crippen molar-refractivity contribution in [2.75, 3.05) is 0 Å². The van der Waals surface area contributed by atoms with Crippen molar-refractivity contribution >= 4 is 35.0 Å². The average Bonchev–Trinajstić information content (AvgIpc) is 2.69. The molecule has 0 aliphatic carbocycles. The number of imidazole rings is 1. The molecule has 102 valence electrons. The summed E-state index contributed by atoms with van der Waals surface area (Å²) < 4.78 is 29.3.